The Morgan fingerprint density at radius 2 is 2.14 bits per heavy atom. The second-order valence-corrected chi connectivity index (χ2v) is 4.43. The van der Waals surface area contributed by atoms with Crippen LogP contribution in [0.25, 0.3) is 0 Å². The normalized spacial score (nSPS) is 10.4. The van der Waals surface area contributed by atoms with Crippen molar-refractivity contribution in [2.45, 2.75) is 0 Å². The van der Waals surface area contributed by atoms with Crippen LogP contribution in [0.3, 0.4) is 0 Å². The van der Waals surface area contributed by atoms with E-state index in [-0.39, 0.29) is 16.7 Å². The largest absolute Gasteiger partial charge is 0.434 e. The molecule has 2 aromatic rings. The smallest absolute Gasteiger partial charge is 0.331 e. The first kappa shape index (κ1) is 15.3. The van der Waals surface area contributed by atoms with E-state index in [1.54, 1.807) is 24.3 Å². The van der Waals surface area contributed by atoms with Crippen molar-refractivity contribution in [2.75, 3.05) is 0 Å². The molecule has 1 aromatic carbocycles. The zero-order valence-electron chi connectivity index (χ0n) is 11.2. The number of aromatic nitrogens is 1. The molecular formula is C13H11N5O3S. The van der Waals surface area contributed by atoms with E-state index >= 15 is 0 Å². The minimum Gasteiger partial charge on any atom is -0.434 e. The van der Waals surface area contributed by atoms with Gasteiger partial charge in [-0.1, -0.05) is 0 Å². The van der Waals surface area contributed by atoms with Crippen molar-refractivity contribution in [3.8, 4) is 11.6 Å². The maximum absolute atomic E-state index is 10.9. The number of nitrogens with two attached hydrogens (primary N) is 1. The standard InChI is InChI=1S/C13H11N5O3S/c14-13(22)17-16-8-9-3-5-10(6-4-9)21-12-11(18(19)20)2-1-7-15-12/h1-8H,(H3,14,17,22). The van der Waals surface area contributed by atoms with E-state index in [4.69, 9.17) is 10.5 Å². The molecule has 0 aliphatic heterocycles. The first-order chi connectivity index (χ1) is 10.6. The Hall–Kier alpha value is -3.07. The summed E-state index contributed by atoms with van der Waals surface area (Å²) in [5.41, 5.74) is 8.23. The van der Waals surface area contributed by atoms with Crippen molar-refractivity contribution < 1.29 is 9.66 Å². The molecule has 0 unspecified atom stereocenters. The number of nitrogens with zero attached hydrogens (tertiary/aromatic N) is 3. The Bertz CT molecular complexity index is 718. The van der Waals surface area contributed by atoms with Crippen LogP contribution in [0.2, 0.25) is 0 Å². The third-order valence-corrected chi connectivity index (χ3v) is 2.52. The summed E-state index contributed by atoms with van der Waals surface area (Å²) < 4.78 is 5.41. The van der Waals surface area contributed by atoms with E-state index < -0.39 is 4.92 Å². The summed E-state index contributed by atoms with van der Waals surface area (Å²) in [7, 11) is 0. The van der Waals surface area contributed by atoms with Gasteiger partial charge in [0.15, 0.2) is 5.11 Å². The number of hydrogen-bond acceptors (Lipinski definition) is 6. The van der Waals surface area contributed by atoms with Gasteiger partial charge in [0.05, 0.1) is 11.1 Å². The van der Waals surface area contributed by atoms with Gasteiger partial charge in [-0.2, -0.15) is 5.10 Å². The molecule has 0 aliphatic carbocycles. The molecule has 0 atom stereocenters. The fourth-order valence-electron chi connectivity index (χ4n) is 1.50. The van der Waals surface area contributed by atoms with Crippen molar-refractivity contribution in [3.63, 3.8) is 0 Å². The zero-order valence-corrected chi connectivity index (χ0v) is 12.0. The topological polar surface area (TPSA) is 116 Å². The summed E-state index contributed by atoms with van der Waals surface area (Å²) >= 11 is 4.61. The lowest BCUT2D eigenvalue weighted by atomic mass is 10.2. The van der Waals surface area contributed by atoms with Crippen molar-refractivity contribution >= 4 is 29.2 Å². The molecule has 1 aromatic heterocycles. The molecule has 0 bridgehead atoms. The highest BCUT2D eigenvalue weighted by molar-refractivity contribution is 7.80. The molecule has 2 rings (SSSR count). The van der Waals surface area contributed by atoms with Crippen LogP contribution >= 0.6 is 12.2 Å². The van der Waals surface area contributed by atoms with E-state index in [1.165, 1.54) is 24.5 Å². The molecule has 0 fully saturated rings. The van der Waals surface area contributed by atoms with E-state index in [1.807, 2.05) is 0 Å². The number of ether oxygens (including phenoxy) is 1. The van der Waals surface area contributed by atoms with Gasteiger partial charge in [-0.3, -0.25) is 15.5 Å². The van der Waals surface area contributed by atoms with Gasteiger partial charge in [-0.05, 0) is 48.1 Å². The van der Waals surface area contributed by atoms with Crippen molar-refractivity contribution in [2.24, 2.45) is 10.8 Å². The summed E-state index contributed by atoms with van der Waals surface area (Å²) in [6.45, 7) is 0. The van der Waals surface area contributed by atoms with Gasteiger partial charge in [0.25, 0.3) is 5.88 Å². The third kappa shape index (κ3) is 4.21. The van der Waals surface area contributed by atoms with Crippen molar-refractivity contribution in [1.29, 1.82) is 0 Å². The summed E-state index contributed by atoms with van der Waals surface area (Å²) in [5.74, 6) is 0.352. The predicted molar refractivity (Wildman–Crippen MR) is 84.9 cm³/mol. The summed E-state index contributed by atoms with van der Waals surface area (Å²) in [6.07, 6.45) is 2.94. The molecule has 1 heterocycles. The maximum atomic E-state index is 10.9. The molecule has 0 amide bonds. The van der Waals surface area contributed by atoms with Crippen LogP contribution in [0.4, 0.5) is 5.69 Å². The average molecular weight is 317 g/mol. The lowest BCUT2D eigenvalue weighted by Gasteiger charge is -2.05. The van der Waals surface area contributed by atoms with Crippen LogP contribution in [0.5, 0.6) is 11.6 Å². The highest BCUT2D eigenvalue weighted by atomic mass is 32.1. The number of hydrogen-bond donors (Lipinski definition) is 2. The fourth-order valence-corrected chi connectivity index (χ4v) is 1.56. The van der Waals surface area contributed by atoms with Crippen LogP contribution in [-0.2, 0) is 0 Å². The molecule has 0 saturated carbocycles. The minimum atomic E-state index is -0.551. The number of benzene rings is 1. The number of thiocarbonyl (C=S) groups is 1. The number of pyridine rings is 1. The van der Waals surface area contributed by atoms with Crippen LogP contribution in [0.1, 0.15) is 5.56 Å². The van der Waals surface area contributed by atoms with Gasteiger partial charge in [0.2, 0.25) is 0 Å². The molecule has 0 aliphatic rings. The maximum Gasteiger partial charge on any atom is 0.331 e. The second kappa shape index (κ2) is 7.09. The van der Waals surface area contributed by atoms with Crippen LogP contribution in [0.15, 0.2) is 47.7 Å². The molecule has 22 heavy (non-hydrogen) atoms. The molecule has 0 saturated heterocycles. The van der Waals surface area contributed by atoms with Gasteiger partial charge in [0.1, 0.15) is 5.75 Å². The molecular weight excluding hydrogens is 306 g/mol. The number of hydrazone groups is 1. The first-order valence-electron chi connectivity index (χ1n) is 6.02. The number of nitrogens with one attached hydrogen (secondary N) is 1. The summed E-state index contributed by atoms with van der Waals surface area (Å²) in [6, 6.07) is 9.51. The quantitative estimate of drug-likeness (QED) is 0.375. The van der Waals surface area contributed by atoms with Crippen molar-refractivity contribution in [3.05, 3.63) is 58.3 Å². The monoisotopic (exact) mass is 317 g/mol. The van der Waals surface area contributed by atoms with E-state index in [2.05, 4.69) is 27.7 Å². The molecule has 0 radical (unpaired) electrons. The van der Waals surface area contributed by atoms with Gasteiger partial charge >= 0.3 is 5.69 Å². The van der Waals surface area contributed by atoms with Gasteiger partial charge in [-0.15, -0.1) is 0 Å². The Balaban J connectivity index is 2.10. The van der Waals surface area contributed by atoms with Gasteiger partial charge < -0.3 is 10.5 Å². The molecule has 3 N–H and O–H groups in total. The van der Waals surface area contributed by atoms with Gasteiger partial charge in [-0.25, -0.2) is 4.98 Å². The highest BCUT2D eigenvalue weighted by Crippen LogP contribution is 2.28. The molecule has 0 spiro atoms. The molecule has 9 heteroatoms. The lowest BCUT2D eigenvalue weighted by molar-refractivity contribution is -0.386. The Morgan fingerprint density at radius 3 is 2.77 bits per heavy atom. The van der Waals surface area contributed by atoms with E-state index in [0.717, 1.165) is 5.56 Å². The summed E-state index contributed by atoms with van der Waals surface area (Å²) in [5, 5.41) is 14.8. The lowest BCUT2D eigenvalue weighted by Crippen LogP contribution is -2.23. The zero-order chi connectivity index (χ0) is 15.9. The Kier molecular flexibility index (Phi) is 4.94. The van der Waals surface area contributed by atoms with Crippen LogP contribution < -0.4 is 15.9 Å². The second-order valence-electron chi connectivity index (χ2n) is 3.99. The Morgan fingerprint density at radius 1 is 1.41 bits per heavy atom. The fraction of sp³-hybridized carbons (Fsp3) is 0. The SMILES string of the molecule is NC(=S)NN=Cc1ccc(Oc2ncccc2[N+](=O)[O-])cc1. The first-order valence-corrected chi connectivity index (χ1v) is 6.43. The third-order valence-electron chi connectivity index (χ3n) is 2.43. The highest BCUT2D eigenvalue weighted by Gasteiger charge is 2.16. The predicted octanol–water partition coefficient (Wildman–Crippen LogP) is 1.95. The average Bonchev–Trinajstić information content (AvgIpc) is 2.49. The van der Waals surface area contributed by atoms with Gasteiger partial charge in [0, 0.05) is 12.3 Å². The van der Waals surface area contributed by atoms with E-state index in [0.29, 0.717) is 5.75 Å². The van der Waals surface area contributed by atoms with Crippen molar-refractivity contribution in [1.82, 2.24) is 10.4 Å². The molecule has 112 valence electrons. The number of rotatable bonds is 5. The molecule has 8 nitrogen and oxygen atoms in total. The van der Waals surface area contributed by atoms with Crippen LogP contribution in [0, 0.1) is 10.1 Å². The Labute approximate surface area is 130 Å². The number of nitro groups is 1. The summed E-state index contributed by atoms with van der Waals surface area (Å²) in [4.78, 5) is 14.2. The minimum absolute atomic E-state index is 0.0657. The van der Waals surface area contributed by atoms with Crippen LogP contribution in [-0.4, -0.2) is 21.2 Å². The van der Waals surface area contributed by atoms with E-state index in [9.17, 15) is 10.1 Å².